The first-order valence-corrected chi connectivity index (χ1v) is 11.6. The molecule has 2 heterocycles. The van der Waals surface area contributed by atoms with E-state index in [1.165, 1.54) is 23.1 Å². The van der Waals surface area contributed by atoms with Crippen LogP contribution in [0.2, 0.25) is 10.0 Å². The zero-order valence-corrected chi connectivity index (χ0v) is 19.2. The van der Waals surface area contributed by atoms with Crippen LogP contribution < -0.4 is 5.32 Å². The minimum absolute atomic E-state index is 0.149. The number of rotatable bonds is 6. The molecule has 1 N–H and O–H groups in total. The SMILES string of the molecule is CCn1c(S[C@@H](C)C(=O)Nc2nc3ccc(Cl)cc3s2)nnc1-c1ccc(Cl)cc1. The second-order valence-corrected chi connectivity index (χ2v) is 9.65. The molecule has 0 saturated carbocycles. The average Bonchev–Trinajstić information content (AvgIpc) is 3.31. The summed E-state index contributed by atoms with van der Waals surface area (Å²) in [6.07, 6.45) is 0. The largest absolute Gasteiger partial charge is 0.302 e. The Morgan fingerprint density at radius 1 is 1.17 bits per heavy atom. The van der Waals surface area contributed by atoms with Crippen LogP contribution in [0, 0.1) is 0 Å². The van der Waals surface area contributed by atoms with Gasteiger partial charge >= 0.3 is 0 Å². The number of nitrogens with zero attached hydrogens (tertiary/aromatic N) is 4. The molecule has 4 rings (SSSR count). The van der Waals surface area contributed by atoms with Crippen LogP contribution in [-0.2, 0) is 11.3 Å². The van der Waals surface area contributed by atoms with Crippen LogP contribution in [0.3, 0.4) is 0 Å². The molecule has 2 aromatic heterocycles. The van der Waals surface area contributed by atoms with Crippen molar-refractivity contribution < 1.29 is 4.79 Å². The molecule has 0 unspecified atom stereocenters. The maximum atomic E-state index is 12.7. The van der Waals surface area contributed by atoms with Crippen LogP contribution in [0.4, 0.5) is 5.13 Å². The van der Waals surface area contributed by atoms with Crippen molar-refractivity contribution in [2.45, 2.75) is 30.8 Å². The first-order chi connectivity index (χ1) is 14.4. The van der Waals surface area contributed by atoms with Crippen LogP contribution in [0.5, 0.6) is 0 Å². The lowest BCUT2D eigenvalue weighted by molar-refractivity contribution is -0.115. The molecule has 0 aliphatic heterocycles. The van der Waals surface area contributed by atoms with E-state index in [1.54, 1.807) is 6.07 Å². The summed E-state index contributed by atoms with van der Waals surface area (Å²) in [7, 11) is 0. The summed E-state index contributed by atoms with van der Waals surface area (Å²) in [6.45, 7) is 4.53. The van der Waals surface area contributed by atoms with Crippen molar-refractivity contribution in [1.29, 1.82) is 0 Å². The number of thiazole rings is 1. The number of amides is 1. The molecule has 0 fully saturated rings. The van der Waals surface area contributed by atoms with Gasteiger partial charge in [-0.2, -0.15) is 0 Å². The van der Waals surface area contributed by atoms with Gasteiger partial charge in [0.25, 0.3) is 0 Å². The van der Waals surface area contributed by atoms with Gasteiger partial charge in [0, 0.05) is 22.2 Å². The smallest absolute Gasteiger partial charge is 0.239 e. The number of carbonyl (C=O) groups excluding carboxylic acids is 1. The second kappa shape index (κ2) is 8.93. The molecular weight excluding hydrogens is 461 g/mol. The Kier molecular flexibility index (Phi) is 6.29. The van der Waals surface area contributed by atoms with Crippen molar-refractivity contribution in [2.24, 2.45) is 0 Å². The van der Waals surface area contributed by atoms with Gasteiger partial charge < -0.3 is 9.88 Å². The third-order valence-electron chi connectivity index (χ3n) is 4.37. The molecule has 6 nitrogen and oxygen atoms in total. The number of anilines is 1. The fraction of sp³-hybridized carbons (Fsp3) is 0.200. The molecule has 30 heavy (non-hydrogen) atoms. The average molecular weight is 478 g/mol. The highest BCUT2D eigenvalue weighted by Gasteiger charge is 2.21. The highest BCUT2D eigenvalue weighted by Crippen LogP contribution is 2.30. The van der Waals surface area contributed by atoms with E-state index in [4.69, 9.17) is 23.2 Å². The summed E-state index contributed by atoms with van der Waals surface area (Å²) >= 11 is 14.8. The molecule has 10 heteroatoms. The lowest BCUT2D eigenvalue weighted by Crippen LogP contribution is -2.22. The molecular formula is C20H17Cl2N5OS2. The van der Waals surface area contributed by atoms with E-state index in [0.29, 0.717) is 26.9 Å². The zero-order valence-electron chi connectivity index (χ0n) is 16.1. The number of aromatic nitrogens is 4. The standard InChI is InChI=1S/C20H17Cl2N5OS2/c1-3-27-17(12-4-6-13(21)7-5-12)25-26-20(27)29-11(2)18(28)24-19-23-15-9-8-14(22)10-16(15)30-19/h4-11H,3H2,1-2H3,(H,23,24,28)/t11-/m0/s1. The molecule has 1 atom stereocenters. The maximum Gasteiger partial charge on any atom is 0.239 e. The van der Waals surface area contributed by atoms with E-state index in [9.17, 15) is 4.79 Å². The number of carbonyl (C=O) groups is 1. The molecule has 0 spiro atoms. The van der Waals surface area contributed by atoms with Gasteiger partial charge in [-0.05, 0) is 56.3 Å². The predicted molar refractivity (Wildman–Crippen MR) is 125 cm³/mol. The number of hydrogen-bond donors (Lipinski definition) is 1. The van der Waals surface area contributed by atoms with Crippen LogP contribution in [-0.4, -0.2) is 30.9 Å². The third-order valence-corrected chi connectivity index (χ3v) is 6.87. The summed E-state index contributed by atoms with van der Waals surface area (Å²) in [5, 5.41) is 13.6. The highest BCUT2D eigenvalue weighted by atomic mass is 35.5. The number of hydrogen-bond acceptors (Lipinski definition) is 6. The Bertz CT molecular complexity index is 1210. The van der Waals surface area contributed by atoms with Crippen LogP contribution in [0.15, 0.2) is 47.6 Å². The van der Waals surface area contributed by atoms with E-state index in [2.05, 4.69) is 20.5 Å². The van der Waals surface area contributed by atoms with Crippen molar-refractivity contribution in [3.8, 4) is 11.4 Å². The van der Waals surface area contributed by atoms with Crippen LogP contribution in [0.25, 0.3) is 21.6 Å². The Balaban J connectivity index is 1.49. The van der Waals surface area contributed by atoms with E-state index < -0.39 is 0 Å². The lowest BCUT2D eigenvalue weighted by atomic mass is 10.2. The predicted octanol–water partition coefficient (Wildman–Crippen LogP) is 6.00. The lowest BCUT2D eigenvalue weighted by Gasteiger charge is -2.11. The van der Waals surface area contributed by atoms with Gasteiger partial charge in [0.2, 0.25) is 5.91 Å². The van der Waals surface area contributed by atoms with Crippen molar-refractivity contribution in [2.75, 3.05) is 5.32 Å². The van der Waals surface area contributed by atoms with Crippen molar-refractivity contribution in [1.82, 2.24) is 19.7 Å². The summed E-state index contributed by atoms with van der Waals surface area (Å²) in [5.74, 6) is 0.594. The zero-order chi connectivity index (χ0) is 21.3. The molecule has 0 saturated heterocycles. The van der Waals surface area contributed by atoms with Crippen molar-refractivity contribution in [3.05, 3.63) is 52.5 Å². The molecule has 154 valence electrons. The summed E-state index contributed by atoms with van der Waals surface area (Å²) in [5.41, 5.74) is 1.73. The minimum atomic E-state index is -0.381. The Hall–Kier alpha value is -2.13. The van der Waals surface area contributed by atoms with E-state index >= 15 is 0 Å². The van der Waals surface area contributed by atoms with Gasteiger partial charge in [0.1, 0.15) is 0 Å². The van der Waals surface area contributed by atoms with Gasteiger partial charge in [-0.1, -0.05) is 46.3 Å². The van der Waals surface area contributed by atoms with Gasteiger partial charge in [0.05, 0.1) is 15.5 Å². The monoisotopic (exact) mass is 477 g/mol. The molecule has 0 aliphatic carbocycles. The Labute approximate surface area is 191 Å². The quantitative estimate of drug-likeness (QED) is 0.344. The van der Waals surface area contributed by atoms with Gasteiger partial charge in [-0.25, -0.2) is 4.98 Å². The second-order valence-electron chi connectivity index (χ2n) is 6.44. The molecule has 0 radical (unpaired) electrons. The van der Waals surface area contributed by atoms with E-state index in [-0.39, 0.29) is 11.2 Å². The van der Waals surface area contributed by atoms with Crippen LogP contribution >= 0.6 is 46.3 Å². The number of halogens is 2. The first-order valence-electron chi connectivity index (χ1n) is 9.17. The summed E-state index contributed by atoms with van der Waals surface area (Å²) < 4.78 is 2.91. The number of benzene rings is 2. The number of fused-ring (bicyclic) bond motifs is 1. The molecule has 0 bridgehead atoms. The molecule has 2 aromatic carbocycles. The van der Waals surface area contributed by atoms with E-state index in [0.717, 1.165) is 21.6 Å². The van der Waals surface area contributed by atoms with Crippen molar-refractivity contribution in [3.63, 3.8) is 0 Å². The first kappa shape index (κ1) is 21.1. The maximum absolute atomic E-state index is 12.7. The topological polar surface area (TPSA) is 72.7 Å². The fourth-order valence-electron chi connectivity index (χ4n) is 2.84. The van der Waals surface area contributed by atoms with Gasteiger partial charge in [0.15, 0.2) is 16.1 Å². The number of nitrogens with one attached hydrogen (secondary N) is 1. The van der Waals surface area contributed by atoms with Gasteiger partial charge in [-0.3, -0.25) is 4.79 Å². The van der Waals surface area contributed by atoms with Gasteiger partial charge in [-0.15, -0.1) is 10.2 Å². The molecule has 4 aromatic rings. The molecule has 1 amide bonds. The minimum Gasteiger partial charge on any atom is -0.302 e. The Morgan fingerprint density at radius 2 is 1.90 bits per heavy atom. The van der Waals surface area contributed by atoms with Crippen molar-refractivity contribution >= 4 is 67.6 Å². The normalized spacial score (nSPS) is 12.3. The molecule has 0 aliphatic rings. The summed E-state index contributed by atoms with van der Waals surface area (Å²) in [6, 6.07) is 12.9. The van der Waals surface area contributed by atoms with E-state index in [1.807, 2.05) is 54.8 Å². The van der Waals surface area contributed by atoms with Crippen LogP contribution in [0.1, 0.15) is 13.8 Å². The highest BCUT2D eigenvalue weighted by molar-refractivity contribution is 8.00. The Morgan fingerprint density at radius 3 is 2.63 bits per heavy atom. The fourth-order valence-corrected chi connectivity index (χ4v) is 5.03. The number of thioether (sulfide) groups is 1. The summed E-state index contributed by atoms with van der Waals surface area (Å²) in [4.78, 5) is 17.2. The third kappa shape index (κ3) is 4.46.